The lowest BCUT2D eigenvalue weighted by atomic mass is 9.99. The molecule has 0 saturated heterocycles. The lowest BCUT2D eigenvalue weighted by molar-refractivity contribution is -0.123. The monoisotopic (exact) mass is 214 g/mol. The van der Waals surface area contributed by atoms with Crippen LogP contribution in [-0.2, 0) is 4.79 Å². The largest absolute Gasteiger partial charge is 0.352 e. The Morgan fingerprint density at radius 1 is 1.27 bits per heavy atom. The third-order valence-corrected chi connectivity index (χ3v) is 2.93. The number of nitrogens with one attached hydrogen (secondary N) is 1. The van der Waals surface area contributed by atoms with E-state index in [1.54, 1.807) is 0 Å². The van der Waals surface area contributed by atoms with Gasteiger partial charge in [0.15, 0.2) is 0 Å². The zero-order chi connectivity index (χ0) is 12.0. The molecule has 0 aliphatic carbocycles. The Balaban J connectivity index is 4.01. The molecular formula is C12H26N2O. The van der Waals surface area contributed by atoms with Crippen molar-refractivity contribution in [3.05, 3.63) is 0 Å². The van der Waals surface area contributed by atoms with E-state index in [1.807, 2.05) is 6.92 Å². The molecule has 2 unspecified atom stereocenters. The molecule has 3 nitrogen and oxygen atoms in total. The highest BCUT2D eigenvalue weighted by molar-refractivity contribution is 5.81. The van der Waals surface area contributed by atoms with E-state index in [2.05, 4.69) is 33.0 Å². The van der Waals surface area contributed by atoms with E-state index in [0.29, 0.717) is 11.8 Å². The molecule has 90 valence electrons. The van der Waals surface area contributed by atoms with Crippen molar-refractivity contribution in [3.8, 4) is 0 Å². The van der Waals surface area contributed by atoms with Gasteiger partial charge in [0.2, 0.25) is 5.91 Å². The maximum atomic E-state index is 11.7. The maximum absolute atomic E-state index is 11.7. The number of carbonyl (C=O) groups excluding carboxylic acids is 1. The van der Waals surface area contributed by atoms with Gasteiger partial charge in [-0.1, -0.05) is 34.1 Å². The van der Waals surface area contributed by atoms with Crippen LogP contribution in [0.15, 0.2) is 0 Å². The molecule has 0 bridgehead atoms. The zero-order valence-corrected chi connectivity index (χ0v) is 10.7. The first kappa shape index (κ1) is 14.4. The van der Waals surface area contributed by atoms with Gasteiger partial charge in [-0.25, -0.2) is 0 Å². The molecule has 0 aromatic rings. The molecule has 0 aromatic heterocycles. The second kappa shape index (κ2) is 6.83. The highest BCUT2D eigenvalue weighted by Crippen LogP contribution is 2.08. The summed E-state index contributed by atoms with van der Waals surface area (Å²) in [6.45, 7) is 10.4. The minimum absolute atomic E-state index is 0.0171. The number of rotatable bonds is 6. The molecular weight excluding hydrogens is 188 g/mol. The molecule has 0 saturated carbocycles. The van der Waals surface area contributed by atoms with E-state index in [1.165, 1.54) is 0 Å². The van der Waals surface area contributed by atoms with E-state index >= 15 is 0 Å². The summed E-state index contributed by atoms with van der Waals surface area (Å²) in [5, 5.41) is 2.97. The fourth-order valence-corrected chi connectivity index (χ4v) is 1.44. The van der Waals surface area contributed by atoms with Gasteiger partial charge in [0.05, 0.1) is 6.04 Å². The first-order valence-electron chi connectivity index (χ1n) is 5.94. The molecule has 15 heavy (non-hydrogen) atoms. The second-order valence-corrected chi connectivity index (χ2v) is 4.92. The predicted molar refractivity (Wildman–Crippen MR) is 64.5 cm³/mol. The predicted octanol–water partition coefficient (Wildman–Crippen LogP) is 1.91. The topological polar surface area (TPSA) is 55.1 Å². The normalized spacial score (nSPS) is 17.3. The van der Waals surface area contributed by atoms with Crippen LogP contribution >= 0.6 is 0 Å². The number of hydrogen-bond acceptors (Lipinski definition) is 2. The first-order valence-corrected chi connectivity index (χ1v) is 5.94. The van der Waals surface area contributed by atoms with Crippen LogP contribution in [0.1, 0.15) is 47.5 Å². The van der Waals surface area contributed by atoms with E-state index in [-0.39, 0.29) is 18.0 Å². The van der Waals surface area contributed by atoms with Crippen LogP contribution in [0.25, 0.3) is 0 Å². The van der Waals surface area contributed by atoms with Crippen molar-refractivity contribution < 1.29 is 4.79 Å². The average molecular weight is 214 g/mol. The highest BCUT2D eigenvalue weighted by atomic mass is 16.2. The van der Waals surface area contributed by atoms with Gasteiger partial charge in [0.1, 0.15) is 0 Å². The molecule has 0 heterocycles. The Kier molecular flexibility index (Phi) is 6.57. The quantitative estimate of drug-likeness (QED) is 0.709. The van der Waals surface area contributed by atoms with Gasteiger partial charge in [-0.2, -0.15) is 0 Å². The van der Waals surface area contributed by atoms with Crippen LogP contribution in [-0.4, -0.2) is 18.0 Å². The van der Waals surface area contributed by atoms with Gasteiger partial charge in [-0.3, -0.25) is 4.79 Å². The molecule has 0 fully saturated rings. The Morgan fingerprint density at radius 3 is 2.20 bits per heavy atom. The Bertz CT molecular complexity index is 192. The molecule has 1 amide bonds. The zero-order valence-electron chi connectivity index (χ0n) is 10.7. The van der Waals surface area contributed by atoms with Crippen molar-refractivity contribution >= 4 is 5.91 Å². The van der Waals surface area contributed by atoms with Crippen LogP contribution in [0, 0.1) is 11.8 Å². The van der Waals surface area contributed by atoms with E-state index in [0.717, 1.165) is 12.8 Å². The fraction of sp³-hybridized carbons (Fsp3) is 0.917. The van der Waals surface area contributed by atoms with E-state index < -0.39 is 0 Å². The minimum Gasteiger partial charge on any atom is -0.352 e. The molecule has 3 N–H and O–H groups in total. The van der Waals surface area contributed by atoms with Crippen LogP contribution < -0.4 is 11.1 Å². The number of hydrogen-bond donors (Lipinski definition) is 2. The summed E-state index contributed by atoms with van der Waals surface area (Å²) in [7, 11) is 0. The first-order chi connectivity index (χ1) is 6.88. The number of nitrogens with two attached hydrogens (primary N) is 1. The maximum Gasteiger partial charge on any atom is 0.237 e. The van der Waals surface area contributed by atoms with Gasteiger partial charge in [0, 0.05) is 6.04 Å². The summed E-state index contributed by atoms with van der Waals surface area (Å²) in [5.74, 6) is 0.946. The molecule has 0 aliphatic rings. The summed E-state index contributed by atoms with van der Waals surface area (Å²) >= 11 is 0. The molecule has 3 atom stereocenters. The van der Waals surface area contributed by atoms with Crippen LogP contribution in [0.5, 0.6) is 0 Å². The van der Waals surface area contributed by atoms with Gasteiger partial charge in [0.25, 0.3) is 0 Å². The van der Waals surface area contributed by atoms with Crippen molar-refractivity contribution in [2.75, 3.05) is 0 Å². The van der Waals surface area contributed by atoms with E-state index in [9.17, 15) is 4.79 Å². The third-order valence-electron chi connectivity index (χ3n) is 2.93. The van der Waals surface area contributed by atoms with Crippen LogP contribution in [0.3, 0.4) is 0 Å². The third kappa shape index (κ3) is 5.78. The highest BCUT2D eigenvalue weighted by Gasteiger charge is 2.18. The van der Waals surface area contributed by atoms with Crippen molar-refractivity contribution in [2.45, 2.75) is 59.5 Å². The van der Waals surface area contributed by atoms with Crippen molar-refractivity contribution in [2.24, 2.45) is 17.6 Å². The molecule has 3 heteroatoms. The number of carbonyl (C=O) groups is 1. The summed E-state index contributed by atoms with van der Waals surface area (Å²) in [4.78, 5) is 11.7. The Labute approximate surface area is 93.8 Å². The van der Waals surface area contributed by atoms with Crippen molar-refractivity contribution in [1.82, 2.24) is 5.32 Å². The van der Waals surface area contributed by atoms with Crippen LogP contribution in [0.2, 0.25) is 0 Å². The summed E-state index contributed by atoms with van der Waals surface area (Å²) in [6, 6.07) is -0.155. The van der Waals surface area contributed by atoms with Crippen molar-refractivity contribution in [1.29, 1.82) is 0 Å². The van der Waals surface area contributed by atoms with Gasteiger partial charge < -0.3 is 11.1 Å². The standard InChI is InChI=1S/C12H26N2O/c1-6-9(4)10(5)14-12(15)11(13)7-8(2)3/h8-11H,6-7,13H2,1-5H3,(H,14,15)/t9?,10?,11-/m0/s1. The molecule has 0 aromatic carbocycles. The minimum atomic E-state index is -0.364. The molecule has 0 aliphatic heterocycles. The Hall–Kier alpha value is -0.570. The summed E-state index contributed by atoms with van der Waals surface area (Å²) in [6.07, 6.45) is 1.82. The average Bonchev–Trinajstić information content (AvgIpc) is 2.15. The van der Waals surface area contributed by atoms with E-state index in [4.69, 9.17) is 5.73 Å². The summed E-state index contributed by atoms with van der Waals surface area (Å²) in [5.41, 5.74) is 5.80. The van der Waals surface area contributed by atoms with Crippen molar-refractivity contribution in [3.63, 3.8) is 0 Å². The van der Waals surface area contributed by atoms with Gasteiger partial charge in [-0.15, -0.1) is 0 Å². The lowest BCUT2D eigenvalue weighted by Gasteiger charge is -2.22. The molecule has 0 spiro atoms. The molecule has 0 rings (SSSR count). The molecule has 0 radical (unpaired) electrons. The summed E-state index contributed by atoms with van der Waals surface area (Å²) < 4.78 is 0. The van der Waals surface area contributed by atoms with Gasteiger partial charge in [-0.05, 0) is 25.2 Å². The Morgan fingerprint density at radius 2 is 1.80 bits per heavy atom. The smallest absolute Gasteiger partial charge is 0.237 e. The SMILES string of the molecule is CCC(C)C(C)NC(=O)[C@@H](N)CC(C)C. The fourth-order valence-electron chi connectivity index (χ4n) is 1.44. The number of amides is 1. The lowest BCUT2D eigenvalue weighted by Crippen LogP contribution is -2.46. The second-order valence-electron chi connectivity index (χ2n) is 4.92. The van der Waals surface area contributed by atoms with Crippen LogP contribution in [0.4, 0.5) is 0 Å². The van der Waals surface area contributed by atoms with Gasteiger partial charge >= 0.3 is 0 Å².